The largest absolute Gasteiger partial charge is 0.459 e. The second-order valence-corrected chi connectivity index (χ2v) is 6.59. The average Bonchev–Trinajstić information content (AvgIpc) is 3.17. The molecular weight excluding hydrogens is 326 g/mol. The van der Waals surface area contributed by atoms with Crippen LogP contribution in [-0.2, 0) is 19.1 Å². The maximum atomic E-state index is 12.7. The van der Waals surface area contributed by atoms with Crippen molar-refractivity contribution in [2.24, 2.45) is 5.92 Å². The minimum atomic E-state index is -2.77. The number of carbonyl (C=O) groups is 2. The molecule has 2 N–H and O–H groups in total. The molecule has 0 aliphatic carbocycles. The van der Waals surface area contributed by atoms with E-state index in [0.717, 1.165) is 6.08 Å². The summed E-state index contributed by atoms with van der Waals surface area (Å²) in [5.41, 5.74) is -2.46. The standard InChI is InChI=1S/C18H25NO6/c1-3-12-8-11(2)18(23,10-20)17(22)24-9-13-4-6-19-7-5-14(15(13)19)25-16(12)21/h3-4,11,14-15,20,23H,5-10H2,1-2H3/b12-3-/t11-,14-,15-,18-/m1/s1/i6D2,9D2. The van der Waals surface area contributed by atoms with Gasteiger partial charge < -0.3 is 19.7 Å². The summed E-state index contributed by atoms with van der Waals surface area (Å²) in [7, 11) is 0. The van der Waals surface area contributed by atoms with Gasteiger partial charge in [0, 0.05) is 27.3 Å². The van der Waals surface area contributed by atoms with Gasteiger partial charge in [-0.2, -0.15) is 0 Å². The Kier molecular flexibility index (Phi) is 3.72. The third kappa shape index (κ3) is 3.12. The van der Waals surface area contributed by atoms with Crippen LogP contribution in [-0.4, -0.2) is 71.0 Å². The van der Waals surface area contributed by atoms with Crippen LogP contribution in [0.5, 0.6) is 0 Å². The van der Waals surface area contributed by atoms with Crippen LogP contribution in [0.4, 0.5) is 0 Å². The SMILES string of the molecule is [2H]C1([2H])OC(=O)[C@@](O)(CO)[C@H](C)C/C(=C/C)C(=O)O[C@@H]2CCN3[C@@H]2C1=CC3([2H])[2H]. The fraction of sp³-hybridized carbons (Fsp3) is 0.667. The molecule has 2 fully saturated rings. The van der Waals surface area contributed by atoms with E-state index in [1.807, 2.05) is 0 Å². The quantitative estimate of drug-likeness (QED) is 0.393. The molecule has 25 heavy (non-hydrogen) atoms. The summed E-state index contributed by atoms with van der Waals surface area (Å²) >= 11 is 0. The first kappa shape index (κ1) is 13.5. The molecule has 0 saturated carbocycles. The summed E-state index contributed by atoms with van der Waals surface area (Å²) in [6.45, 7) is -2.57. The van der Waals surface area contributed by atoms with E-state index in [9.17, 15) is 19.8 Å². The van der Waals surface area contributed by atoms with Crippen LogP contribution in [0.15, 0.2) is 23.3 Å². The number of aliphatic hydroxyl groups is 2. The van der Waals surface area contributed by atoms with Crippen LogP contribution >= 0.6 is 0 Å². The first-order valence-electron chi connectivity index (χ1n) is 10.3. The lowest BCUT2D eigenvalue weighted by Crippen LogP contribution is -2.50. The van der Waals surface area contributed by atoms with Crippen molar-refractivity contribution in [1.82, 2.24) is 4.90 Å². The molecule has 0 bridgehead atoms. The molecule has 0 unspecified atom stereocenters. The van der Waals surface area contributed by atoms with Gasteiger partial charge >= 0.3 is 11.9 Å². The van der Waals surface area contributed by atoms with E-state index in [-0.39, 0.29) is 24.1 Å². The molecule has 0 spiro atoms. The molecule has 7 nitrogen and oxygen atoms in total. The number of nitrogens with zero attached hydrogens (tertiary/aromatic N) is 1. The van der Waals surface area contributed by atoms with Crippen molar-refractivity contribution < 1.29 is 34.8 Å². The second-order valence-electron chi connectivity index (χ2n) is 6.59. The Morgan fingerprint density at radius 2 is 2.28 bits per heavy atom. The molecule has 3 aliphatic heterocycles. The minimum Gasteiger partial charge on any atom is -0.459 e. The fourth-order valence-electron chi connectivity index (χ4n) is 3.37. The van der Waals surface area contributed by atoms with E-state index < -0.39 is 55.3 Å². The second kappa shape index (κ2) is 6.90. The van der Waals surface area contributed by atoms with Crippen LogP contribution in [0.1, 0.15) is 32.2 Å². The van der Waals surface area contributed by atoms with E-state index in [1.165, 1.54) is 17.9 Å². The molecule has 3 aliphatic rings. The zero-order chi connectivity index (χ0) is 21.8. The van der Waals surface area contributed by atoms with Crippen LogP contribution in [0.3, 0.4) is 0 Å². The summed E-state index contributed by atoms with van der Waals surface area (Å²) in [6.07, 6.45) is 1.89. The smallest absolute Gasteiger partial charge is 0.341 e. The Labute approximate surface area is 152 Å². The van der Waals surface area contributed by atoms with Crippen LogP contribution < -0.4 is 0 Å². The topological polar surface area (TPSA) is 96.3 Å². The predicted molar refractivity (Wildman–Crippen MR) is 88.5 cm³/mol. The Hall–Kier alpha value is -1.70. The van der Waals surface area contributed by atoms with Gasteiger partial charge in [0.1, 0.15) is 12.7 Å². The highest BCUT2D eigenvalue weighted by molar-refractivity contribution is 5.89. The number of carbonyl (C=O) groups excluding carboxylic acids is 2. The predicted octanol–water partition coefficient (Wildman–Crippen LogP) is 0.165. The summed E-state index contributed by atoms with van der Waals surface area (Å²) < 4.78 is 43.4. The van der Waals surface area contributed by atoms with Crippen molar-refractivity contribution >= 4 is 11.9 Å². The Morgan fingerprint density at radius 1 is 1.52 bits per heavy atom. The van der Waals surface area contributed by atoms with Gasteiger partial charge in [-0.15, -0.1) is 0 Å². The molecule has 0 aromatic carbocycles. The Morgan fingerprint density at radius 3 is 2.96 bits per heavy atom. The number of rotatable bonds is 1. The summed E-state index contributed by atoms with van der Waals surface area (Å²) in [4.78, 5) is 26.7. The Bertz CT molecular complexity index is 782. The number of aliphatic hydroxyl groups excluding tert-OH is 1. The van der Waals surface area contributed by atoms with E-state index in [4.69, 9.17) is 15.0 Å². The lowest BCUT2D eigenvalue weighted by Gasteiger charge is -2.32. The van der Waals surface area contributed by atoms with Crippen molar-refractivity contribution in [3.8, 4) is 0 Å². The van der Waals surface area contributed by atoms with Gasteiger partial charge in [-0.1, -0.05) is 19.1 Å². The molecule has 3 heterocycles. The van der Waals surface area contributed by atoms with Gasteiger partial charge in [0.2, 0.25) is 0 Å². The third-order valence-corrected chi connectivity index (χ3v) is 5.11. The van der Waals surface area contributed by atoms with Gasteiger partial charge in [-0.05, 0) is 25.3 Å². The lowest BCUT2D eigenvalue weighted by molar-refractivity contribution is -0.176. The van der Waals surface area contributed by atoms with Crippen molar-refractivity contribution in [2.45, 2.75) is 44.4 Å². The minimum absolute atomic E-state index is 0.102. The molecule has 0 radical (unpaired) electrons. The fourth-order valence-corrected chi connectivity index (χ4v) is 3.37. The number of hydrogen-bond donors (Lipinski definition) is 2. The van der Waals surface area contributed by atoms with E-state index in [0.29, 0.717) is 6.42 Å². The molecule has 0 amide bonds. The number of hydrogen-bond acceptors (Lipinski definition) is 7. The molecule has 3 rings (SSSR count). The number of esters is 2. The van der Waals surface area contributed by atoms with Gasteiger partial charge in [0.25, 0.3) is 0 Å². The van der Waals surface area contributed by atoms with Crippen molar-refractivity contribution in [2.75, 3.05) is 26.2 Å². The van der Waals surface area contributed by atoms with Crippen LogP contribution in [0, 0.1) is 5.92 Å². The van der Waals surface area contributed by atoms with E-state index in [1.54, 1.807) is 6.92 Å². The third-order valence-electron chi connectivity index (χ3n) is 5.11. The average molecular weight is 355 g/mol. The molecule has 138 valence electrons. The first-order chi connectivity index (χ1) is 13.4. The first-order valence-corrected chi connectivity index (χ1v) is 8.30. The number of allylic oxidation sites excluding steroid dienone is 1. The molecular formula is C18H25NO6. The Balaban J connectivity index is 2.10. The van der Waals surface area contributed by atoms with Gasteiger partial charge in [-0.25, -0.2) is 9.59 Å². The summed E-state index contributed by atoms with van der Waals surface area (Å²) in [5.74, 6) is -3.04. The highest BCUT2D eigenvalue weighted by Crippen LogP contribution is 2.34. The molecule has 2 saturated heterocycles. The zero-order valence-corrected chi connectivity index (χ0v) is 14.2. The maximum Gasteiger partial charge on any atom is 0.341 e. The van der Waals surface area contributed by atoms with E-state index >= 15 is 0 Å². The highest BCUT2D eigenvalue weighted by Gasteiger charge is 2.46. The summed E-state index contributed by atoms with van der Waals surface area (Å²) in [6, 6.07) is -0.950. The maximum absolute atomic E-state index is 12.7. The zero-order valence-electron chi connectivity index (χ0n) is 18.2. The molecule has 0 aromatic rings. The van der Waals surface area contributed by atoms with Crippen LogP contribution in [0.2, 0.25) is 0 Å². The highest BCUT2D eigenvalue weighted by atomic mass is 16.6. The molecule has 4 atom stereocenters. The van der Waals surface area contributed by atoms with Gasteiger partial charge in [0.05, 0.1) is 15.4 Å². The number of ether oxygens (including phenoxy) is 2. The van der Waals surface area contributed by atoms with Gasteiger partial charge in [-0.3, -0.25) is 4.90 Å². The number of cyclic esters (lactones) is 1. The van der Waals surface area contributed by atoms with Crippen molar-refractivity contribution in [3.63, 3.8) is 0 Å². The monoisotopic (exact) mass is 355 g/mol. The van der Waals surface area contributed by atoms with E-state index in [2.05, 4.69) is 0 Å². The van der Waals surface area contributed by atoms with Crippen molar-refractivity contribution in [1.29, 1.82) is 0 Å². The van der Waals surface area contributed by atoms with Crippen LogP contribution in [0.25, 0.3) is 0 Å². The molecule has 7 heteroatoms. The summed E-state index contributed by atoms with van der Waals surface area (Å²) in [5, 5.41) is 20.4. The lowest BCUT2D eigenvalue weighted by atomic mass is 9.84. The van der Waals surface area contributed by atoms with Crippen molar-refractivity contribution in [3.05, 3.63) is 23.3 Å². The normalized spacial score (nSPS) is 44.9. The van der Waals surface area contributed by atoms with Gasteiger partial charge in [0.15, 0.2) is 5.60 Å². The molecule has 0 aromatic heterocycles.